The van der Waals surface area contributed by atoms with Crippen LogP contribution in [0.5, 0.6) is 0 Å². The fraction of sp³-hybridized carbons (Fsp3) is 0.600. The first-order valence-electron chi connectivity index (χ1n) is 7.36. The Morgan fingerprint density at radius 3 is 2.09 bits per heavy atom. The first kappa shape index (κ1) is 20.1. The van der Waals surface area contributed by atoms with E-state index in [0.717, 1.165) is 0 Å². The van der Waals surface area contributed by atoms with E-state index in [0.29, 0.717) is 25.0 Å². The fourth-order valence-corrected chi connectivity index (χ4v) is 4.55. The Hall–Kier alpha value is -0.963. The van der Waals surface area contributed by atoms with Crippen molar-refractivity contribution < 1.29 is 30.8 Å². The van der Waals surface area contributed by atoms with Gasteiger partial charge in [-0.15, -0.1) is 0 Å². The Kier molecular flexibility index (Phi) is 7.66. The van der Waals surface area contributed by atoms with Gasteiger partial charge >= 0.3 is 8.80 Å². The minimum atomic E-state index is -2.79. The predicted octanol–water partition coefficient (Wildman–Crippen LogP) is 4.22. The van der Waals surface area contributed by atoms with E-state index in [4.69, 9.17) is 13.3 Å². The highest BCUT2D eigenvalue weighted by molar-refractivity contribution is 6.60. The highest BCUT2D eigenvalue weighted by atomic mass is 28.4. The standard InChI is InChI=1S/C15H22F4O3Si/c1-10(2)22-23(20-3,21-4)8-6-5-7-11-9-12(16)14(18)15(19)13(11)17/h9-10H,5-8H2,1-4H3. The van der Waals surface area contributed by atoms with Gasteiger partial charge in [-0.3, -0.25) is 0 Å². The monoisotopic (exact) mass is 354 g/mol. The molecule has 1 aromatic carbocycles. The molecule has 0 fully saturated rings. The lowest BCUT2D eigenvalue weighted by Crippen LogP contribution is -2.45. The summed E-state index contributed by atoms with van der Waals surface area (Å²) in [6.45, 7) is 3.72. The Bertz CT molecular complexity index is 522. The van der Waals surface area contributed by atoms with E-state index in [-0.39, 0.29) is 18.1 Å². The van der Waals surface area contributed by atoms with Crippen LogP contribution in [0, 0.1) is 23.3 Å². The second kappa shape index (κ2) is 8.77. The fourth-order valence-electron chi connectivity index (χ4n) is 2.26. The van der Waals surface area contributed by atoms with Crippen LogP contribution in [0.2, 0.25) is 6.04 Å². The van der Waals surface area contributed by atoms with Gasteiger partial charge in [-0.25, -0.2) is 17.6 Å². The maximum Gasteiger partial charge on any atom is 0.500 e. The average Bonchev–Trinajstić information content (AvgIpc) is 2.52. The number of unbranched alkanes of at least 4 members (excludes halogenated alkanes) is 1. The molecular formula is C15H22F4O3Si. The van der Waals surface area contributed by atoms with E-state index in [1.165, 1.54) is 14.2 Å². The third-order valence-corrected chi connectivity index (χ3v) is 6.43. The van der Waals surface area contributed by atoms with Crippen LogP contribution in [0.25, 0.3) is 0 Å². The van der Waals surface area contributed by atoms with Crippen molar-refractivity contribution in [3.05, 3.63) is 34.9 Å². The van der Waals surface area contributed by atoms with E-state index in [1.54, 1.807) is 0 Å². The smallest absolute Gasteiger partial charge is 0.377 e. The molecular weight excluding hydrogens is 332 g/mol. The Morgan fingerprint density at radius 2 is 1.57 bits per heavy atom. The summed E-state index contributed by atoms with van der Waals surface area (Å²) in [5, 5.41) is 0. The van der Waals surface area contributed by atoms with Crippen molar-refractivity contribution in [3.63, 3.8) is 0 Å². The molecule has 0 bridgehead atoms. The number of hydrogen-bond donors (Lipinski definition) is 0. The minimum absolute atomic E-state index is 0.0701. The van der Waals surface area contributed by atoms with Crippen molar-refractivity contribution in [1.82, 2.24) is 0 Å². The summed E-state index contributed by atoms with van der Waals surface area (Å²) in [4.78, 5) is 0. The van der Waals surface area contributed by atoms with Gasteiger partial charge in [0.1, 0.15) is 0 Å². The van der Waals surface area contributed by atoms with Gasteiger partial charge in [-0.1, -0.05) is 0 Å². The Balaban J connectivity index is 2.64. The second-order valence-corrected chi connectivity index (χ2v) is 8.34. The lowest BCUT2D eigenvalue weighted by Gasteiger charge is -2.28. The van der Waals surface area contributed by atoms with Crippen molar-refractivity contribution in [2.24, 2.45) is 0 Å². The van der Waals surface area contributed by atoms with E-state index >= 15 is 0 Å². The van der Waals surface area contributed by atoms with Crippen LogP contribution in [-0.2, 0) is 19.7 Å². The number of rotatable bonds is 9. The summed E-state index contributed by atoms with van der Waals surface area (Å²) in [6, 6.07) is 1.18. The summed E-state index contributed by atoms with van der Waals surface area (Å²) in [6.07, 6.45) is 1.00. The quantitative estimate of drug-likeness (QED) is 0.218. The Morgan fingerprint density at radius 1 is 0.957 bits per heavy atom. The van der Waals surface area contributed by atoms with E-state index in [1.807, 2.05) is 13.8 Å². The zero-order valence-electron chi connectivity index (χ0n) is 13.7. The Labute approximate surface area is 134 Å². The molecule has 8 heteroatoms. The van der Waals surface area contributed by atoms with Crippen LogP contribution < -0.4 is 0 Å². The molecule has 0 radical (unpaired) electrons. The molecule has 0 saturated carbocycles. The zero-order valence-corrected chi connectivity index (χ0v) is 14.7. The van der Waals surface area contributed by atoms with Gasteiger partial charge in [-0.05, 0) is 44.7 Å². The molecule has 0 aromatic heterocycles. The van der Waals surface area contributed by atoms with Crippen molar-refractivity contribution in [1.29, 1.82) is 0 Å². The summed E-state index contributed by atoms with van der Waals surface area (Å²) in [7, 11) is 0.214. The molecule has 0 aliphatic carbocycles. The average molecular weight is 354 g/mol. The maximum absolute atomic E-state index is 13.6. The minimum Gasteiger partial charge on any atom is -0.377 e. The molecule has 3 nitrogen and oxygen atoms in total. The molecule has 1 rings (SSSR count). The molecule has 0 atom stereocenters. The highest BCUT2D eigenvalue weighted by Crippen LogP contribution is 2.23. The molecule has 1 aromatic rings. The van der Waals surface area contributed by atoms with Crippen LogP contribution in [0.1, 0.15) is 32.3 Å². The second-order valence-electron chi connectivity index (χ2n) is 5.42. The number of hydrogen-bond acceptors (Lipinski definition) is 3. The highest BCUT2D eigenvalue weighted by Gasteiger charge is 2.39. The number of halogens is 4. The van der Waals surface area contributed by atoms with E-state index in [9.17, 15) is 17.6 Å². The first-order valence-corrected chi connectivity index (χ1v) is 9.29. The lowest BCUT2D eigenvalue weighted by atomic mass is 10.1. The van der Waals surface area contributed by atoms with Gasteiger partial charge in [0, 0.05) is 26.4 Å². The molecule has 0 saturated heterocycles. The number of benzene rings is 1. The zero-order chi connectivity index (χ0) is 17.6. The van der Waals surface area contributed by atoms with Crippen LogP contribution in [-0.4, -0.2) is 29.1 Å². The summed E-state index contributed by atoms with van der Waals surface area (Å²) >= 11 is 0. The molecule has 132 valence electrons. The third-order valence-electron chi connectivity index (χ3n) is 3.39. The molecule has 0 spiro atoms. The van der Waals surface area contributed by atoms with Gasteiger partial charge in [0.2, 0.25) is 0 Å². The van der Waals surface area contributed by atoms with Gasteiger partial charge < -0.3 is 13.3 Å². The van der Waals surface area contributed by atoms with E-state index in [2.05, 4.69) is 0 Å². The molecule has 0 aliphatic heterocycles. The van der Waals surface area contributed by atoms with Crippen LogP contribution in [0.4, 0.5) is 17.6 Å². The third kappa shape index (κ3) is 5.27. The molecule has 0 heterocycles. The largest absolute Gasteiger partial charge is 0.500 e. The van der Waals surface area contributed by atoms with Crippen LogP contribution >= 0.6 is 0 Å². The lowest BCUT2D eigenvalue weighted by molar-refractivity contribution is 0.0694. The van der Waals surface area contributed by atoms with Gasteiger partial charge in [0.25, 0.3) is 0 Å². The first-order chi connectivity index (χ1) is 10.8. The van der Waals surface area contributed by atoms with Crippen molar-refractivity contribution in [3.8, 4) is 0 Å². The van der Waals surface area contributed by atoms with Crippen molar-refractivity contribution in [2.75, 3.05) is 14.2 Å². The molecule has 0 amide bonds. The van der Waals surface area contributed by atoms with Crippen molar-refractivity contribution >= 4 is 8.80 Å². The topological polar surface area (TPSA) is 27.7 Å². The maximum atomic E-state index is 13.6. The molecule has 0 N–H and O–H groups in total. The van der Waals surface area contributed by atoms with Gasteiger partial charge in [-0.2, -0.15) is 0 Å². The molecule has 0 aliphatic rings. The summed E-state index contributed by atoms with van der Waals surface area (Å²) in [5.74, 6) is -6.30. The van der Waals surface area contributed by atoms with Crippen LogP contribution in [0.3, 0.4) is 0 Å². The van der Waals surface area contributed by atoms with E-state index < -0.39 is 32.1 Å². The van der Waals surface area contributed by atoms with Gasteiger partial charge in [0.05, 0.1) is 0 Å². The molecule has 0 unspecified atom stereocenters. The predicted molar refractivity (Wildman–Crippen MR) is 80.0 cm³/mol. The normalized spacial score (nSPS) is 12.2. The summed E-state index contributed by atoms with van der Waals surface area (Å²) in [5.41, 5.74) is -0.187. The van der Waals surface area contributed by atoms with Crippen LogP contribution in [0.15, 0.2) is 6.07 Å². The molecule has 23 heavy (non-hydrogen) atoms. The van der Waals surface area contributed by atoms with Gasteiger partial charge in [0.15, 0.2) is 23.3 Å². The summed E-state index contributed by atoms with van der Waals surface area (Å²) < 4.78 is 69.2. The SMILES string of the molecule is CO[Si](CCCCc1cc(F)c(F)c(F)c1F)(OC)OC(C)C. The van der Waals surface area contributed by atoms with Crippen molar-refractivity contribution in [2.45, 2.75) is 45.3 Å². The number of aryl methyl sites for hydroxylation is 1.